The molecule has 2 aromatic rings. The summed E-state index contributed by atoms with van der Waals surface area (Å²) in [6.07, 6.45) is 1.85. The zero-order valence-electron chi connectivity index (χ0n) is 12.7. The summed E-state index contributed by atoms with van der Waals surface area (Å²) in [5.74, 6) is 0.848. The van der Waals surface area contributed by atoms with E-state index >= 15 is 0 Å². The van der Waals surface area contributed by atoms with Crippen molar-refractivity contribution in [3.8, 4) is 0 Å². The third-order valence-electron chi connectivity index (χ3n) is 4.14. The van der Waals surface area contributed by atoms with E-state index in [4.69, 9.17) is 0 Å². The van der Waals surface area contributed by atoms with E-state index in [9.17, 15) is 0 Å². The number of piperazine rings is 1. The second kappa shape index (κ2) is 6.33. The van der Waals surface area contributed by atoms with Gasteiger partial charge in [0, 0.05) is 38.4 Å². The number of rotatable bonds is 3. The highest BCUT2D eigenvalue weighted by Gasteiger charge is 2.25. The Hall–Kier alpha value is -1.78. The van der Waals surface area contributed by atoms with Crippen molar-refractivity contribution in [3.63, 3.8) is 0 Å². The predicted molar refractivity (Wildman–Crippen MR) is 83.9 cm³/mol. The number of nitrogens with zero attached hydrogens (tertiary/aromatic N) is 4. The van der Waals surface area contributed by atoms with Gasteiger partial charge in [0.05, 0.1) is 5.69 Å². The van der Waals surface area contributed by atoms with Gasteiger partial charge in [0.25, 0.3) is 0 Å². The van der Waals surface area contributed by atoms with Crippen LogP contribution in [-0.4, -0.2) is 46.4 Å². The zero-order chi connectivity index (χ0) is 14.7. The average molecular weight is 282 g/mol. The summed E-state index contributed by atoms with van der Waals surface area (Å²) in [5, 5.41) is 0. The van der Waals surface area contributed by atoms with Crippen LogP contribution in [0.4, 0.5) is 0 Å². The number of aryl methyl sites for hydroxylation is 1. The van der Waals surface area contributed by atoms with Gasteiger partial charge in [0.1, 0.15) is 5.82 Å². The van der Waals surface area contributed by atoms with Gasteiger partial charge >= 0.3 is 0 Å². The molecule has 110 valence electrons. The Morgan fingerprint density at radius 3 is 2.71 bits per heavy atom. The molecule has 2 heterocycles. The van der Waals surface area contributed by atoms with Gasteiger partial charge in [-0.05, 0) is 25.6 Å². The molecule has 1 aliphatic heterocycles. The fourth-order valence-corrected chi connectivity index (χ4v) is 2.93. The molecular formula is C17H22N4. The maximum atomic E-state index is 4.52. The van der Waals surface area contributed by atoms with Crippen molar-refractivity contribution >= 4 is 0 Å². The quantitative estimate of drug-likeness (QED) is 0.864. The van der Waals surface area contributed by atoms with Gasteiger partial charge < -0.3 is 0 Å². The normalized spacial score (nSPS) is 20.6. The SMILES string of the molecule is Cc1nccc(CN2CCN(C)C(c3ccccc3)C2)n1. The number of hydrogen-bond donors (Lipinski definition) is 0. The van der Waals surface area contributed by atoms with E-state index in [2.05, 4.69) is 57.1 Å². The molecule has 1 aliphatic rings. The van der Waals surface area contributed by atoms with Crippen molar-refractivity contribution in [1.29, 1.82) is 0 Å². The molecule has 0 saturated carbocycles. The largest absolute Gasteiger partial charge is 0.297 e. The number of aromatic nitrogens is 2. The van der Waals surface area contributed by atoms with Gasteiger partial charge in [-0.3, -0.25) is 9.80 Å². The summed E-state index contributed by atoms with van der Waals surface area (Å²) >= 11 is 0. The number of benzene rings is 1. The Bertz CT molecular complexity index is 584. The summed E-state index contributed by atoms with van der Waals surface area (Å²) in [7, 11) is 2.21. The van der Waals surface area contributed by atoms with Crippen molar-refractivity contribution in [2.75, 3.05) is 26.7 Å². The van der Waals surface area contributed by atoms with Gasteiger partial charge in [-0.2, -0.15) is 0 Å². The third-order valence-corrected chi connectivity index (χ3v) is 4.14. The van der Waals surface area contributed by atoms with Crippen LogP contribution in [0.2, 0.25) is 0 Å². The third kappa shape index (κ3) is 3.46. The lowest BCUT2D eigenvalue weighted by Gasteiger charge is -2.39. The first-order valence-corrected chi connectivity index (χ1v) is 7.48. The molecule has 0 aliphatic carbocycles. The highest BCUT2D eigenvalue weighted by molar-refractivity contribution is 5.20. The van der Waals surface area contributed by atoms with Crippen LogP contribution in [0.5, 0.6) is 0 Å². The second-order valence-corrected chi connectivity index (χ2v) is 5.74. The van der Waals surface area contributed by atoms with Crippen molar-refractivity contribution in [2.24, 2.45) is 0 Å². The Morgan fingerprint density at radius 1 is 1.14 bits per heavy atom. The lowest BCUT2D eigenvalue weighted by Crippen LogP contribution is -2.46. The maximum Gasteiger partial charge on any atom is 0.125 e. The molecule has 1 aromatic carbocycles. The van der Waals surface area contributed by atoms with Crippen molar-refractivity contribution in [1.82, 2.24) is 19.8 Å². The van der Waals surface area contributed by atoms with E-state index in [0.29, 0.717) is 6.04 Å². The molecule has 4 nitrogen and oxygen atoms in total. The molecular weight excluding hydrogens is 260 g/mol. The maximum absolute atomic E-state index is 4.52. The first-order chi connectivity index (χ1) is 10.2. The number of hydrogen-bond acceptors (Lipinski definition) is 4. The molecule has 0 N–H and O–H groups in total. The molecule has 0 amide bonds. The van der Waals surface area contributed by atoms with Crippen LogP contribution in [0.1, 0.15) is 23.1 Å². The Kier molecular flexibility index (Phi) is 4.27. The second-order valence-electron chi connectivity index (χ2n) is 5.74. The molecule has 1 saturated heterocycles. The Morgan fingerprint density at radius 2 is 1.95 bits per heavy atom. The van der Waals surface area contributed by atoms with Gasteiger partial charge in [-0.15, -0.1) is 0 Å². The van der Waals surface area contributed by atoms with Crippen molar-refractivity contribution in [3.05, 3.63) is 59.7 Å². The lowest BCUT2D eigenvalue weighted by atomic mass is 10.0. The highest BCUT2D eigenvalue weighted by Crippen LogP contribution is 2.24. The average Bonchev–Trinajstić information content (AvgIpc) is 2.50. The van der Waals surface area contributed by atoms with E-state index in [1.165, 1.54) is 5.56 Å². The molecule has 1 fully saturated rings. The zero-order valence-corrected chi connectivity index (χ0v) is 12.7. The van der Waals surface area contributed by atoms with E-state index in [1.807, 2.05) is 19.2 Å². The summed E-state index contributed by atoms with van der Waals surface area (Å²) < 4.78 is 0. The molecule has 1 aromatic heterocycles. The molecule has 21 heavy (non-hydrogen) atoms. The van der Waals surface area contributed by atoms with Crippen LogP contribution in [-0.2, 0) is 6.54 Å². The van der Waals surface area contributed by atoms with Crippen LogP contribution in [0.3, 0.4) is 0 Å². The molecule has 3 rings (SSSR count). The standard InChI is InChI=1S/C17H22N4/c1-14-18-9-8-16(19-14)12-21-11-10-20(2)17(13-21)15-6-4-3-5-7-15/h3-9,17H,10-13H2,1-2H3. The smallest absolute Gasteiger partial charge is 0.125 e. The minimum absolute atomic E-state index is 0.461. The van der Waals surface area contributed by atoms with Crippen LogP contribution in [0.25, 0.3) is 0 Å². The van der Waals surface area contributed by atoms with Gasteiger partial charge in [-0.1, -0.05) is 30.3 Å². The number of likely N-dealkylation sites (N-methyl/N-ethyl adjacent to an activating group) is 1. The van der Waals surface area contributed by atoms with Crippen molar-refractivity contribution in [2.45, 2.75) is 19.5 Å². The molecule has 4 heteroatoms. The summed E-state index contributed by atoms with van der Waals surface area (Å²) in [6, 6.07) is 13.2. The summed E-state index contributed by atoms with van der Waals surface area (Å²) in [4.78, 5) is 13.6. The topological polar surface area (TPSA) is 32.3 Å². The first-order valence-electron chi connectivity index (χ1n) is 7.48. The molecule has 0 bridgehead atoms. The molecule has 0 radical (unpaired) electrons. The fourth-order valence-electron chi connectivity index (χ4n) is 2.93. The summed E-state index contributed by atoms with van der Waals surface area (Å²) in [6.45, 7) is 6.07. The summed E-state index contributed by atoms with van der Waals surface area (Å²) in [5.41, 5.74) is 2.50. The van der Waals surface area contributed by atoms with E-state index in [1.54, 1.807) is 0 Å². The first kappa shape index (κ1) is 14.2. The van der Waals surface area contributed by atoms with Crippen LogP contribution in [0.15, 0.2) is 42.6 Å². The molecule has 1 unspecified atom stereocenters. The van der Waals surface area contributed by atoms with E-state index < -0.39 is 0 Å². The Labute approximate surface area is 126 Å². The molecule has 1 atom stereocenters. The Balaban J connectivity index is 1.71. The molecule has 0 spiro atoms. The fraction of sp³-hybridized carbons (Fsp3) is 0.412. The van der Waals surface area contributed by atoms with Crippen molar-refractivity contribution < 1.29 is 0 Å². The monoisotopic (exact) mass is 282 g/mol. The van der Waals surface area contributed by atoms with Gasteiger partial charge in [0.15, 0.2) is 0 Å². The lowest BCUT2D eigenvalue weighted by molar-refractivity contribution is 0.0895. The van der Waals surface area contributed by atoms with E-state index in [0.717, 1.165) is 37.7 Å². The predicted octanol–water partition coefficient (Wildman–Crippen LogP) is 2.27. The van der Waals surface area contributed by atoms with Gasteiger partial charge in [-0.25, -0.2) is 9.97 Å². The van der Waals surface area contributed by atoms with Gasteiger partial charge in [0.2, 0.25) is 0 Å². The van der Waals surface area contributed by atoms with E-state index in [-0.39, 0.29) is 0 Å². The van der Waals surface area contributed by atoms with Crippen LogP contribution in [0, 0.1) is 6.92 Å². The van der Waals surface area contributed by atoms with Crippen LogP contribution >= 0.6 is 0 Å². The minimum atomic E-state index is 0.461. The highest BCUT2D eigenvalue weighted by atomic mass is 15.3. The van der Waals surface area contributed by atoms with Crippen LogP contribution < -0.4 is 0 Å². The minimum Gasteiger partial charge on any atom is -0.297 e.